The molecule has 1 aliphatic heterocycles. The van der Waals surface area contributed by atoms with Crippen molar-refractivity contribution < 1.29 is 14.2 Å². The second-order valence-electron chi connectivity index (χ2n) is 6.60. The molecule has 0 saturated carbocycles. The molecule has 0 N–H and O–H groups in total. The van der Waals surface area contributed by atoms with Gasteiger partial charge in [0.2, 0.25) is 0 Å². The summed E-state index contributed by atoms with van der Waals surface area (Å²) in [5.74, 6) is 0.982. The van der Waals surface area contributed by atoms with Gasteiger partial charge in [-0.2, -0.15) is 0 Å². The summed E-state index contributed by atoms with van der Waals surface area (Å²) >= 11 is 0. The normalized spacial score (nSPS) is 17.0. The second kappa shape index (κ2) is 7.28. The Bertz CT molecular complexity index is 442. The summed E-state index contributed by atoms with van der Waals surface area (Å²) in [4.78, 5) is 0. The molecule has 1 saturated heterocycles. The Morgan fingerprint density at radius 3 is 2.52 bits per heavy atom. The van der Waals surface area contributed by atoms with E-state index in [0.717, 1.165) is 38.2 Å². The van der Waals surface area contributed by atoms with E-state index in [-0.39, 0.29) is 11.7 Å². The van der Waals surface area contributed by atoms with E-state index in [2.05, 4.69) is 45.9 Å². The minimum absolute atomic E-state index is 0.0817. The zero-order valence-corrected chi connectivity index (χ0v) is 13.8. The van der Waals surface area contributed by atoms with Crippen LogP contribution in [-0.4, -0.2) is 26.1 Å². The Hall–Kier alpha value is -1.06. The van der Waals surface area contributed by atoms with Crippen LogP contribution in [0.4, 0.5) is 0 Å². The lowest BCUT2D eigenvalue weighted by atomic mass is 9.85. The maximum atomic E-state index is 6.01. The van der Waals surface area contributed by atoms with Crippen LogP contribution in [0, 0.1) is 0 Å². The lowest BCUT2D eigenvalue weighted by Gasteiger charge is -2.25. The molecule has 0 spiro atoms. The lowest BCUT2D eigenvalue weighted by molar-refractivity contribution is -0.183. The molecule has 1 aliphatic rings. The third-order valence-electron chi connectivity index (χ3n) is 3.77. The summed E-state index contributed by atoms with van der Waals surface area (Å²) in [6, 6.07) is 6.52. The van der Waals surface area contributed by atoms with Gasteiger partial charge in [0, 0.05) is 6.42 Å². The van der Waals surface area contributed by atoms with Gasteiger partial charge in [0.05, 0.1) is 19.8 Å². The van der Waals surface area contributed by atoms with E-state index in [9.17, 15) is 0 Å². The SMILES string of the molecule is CCc1ccc(OCCC2OCCCO2)c(C(C)(C)C)c1. The fraction of sp³-hybridized carbons (Fsp3) is 0.667. The van der Waals surface area contributed by atoms with Crippen molar-refractivity contribution in [1.29, 1.82) is 0 Å². The summed E-state index contributed by atoms with van der Waals surface area (Å²) in [5.41, 5.74) is 2.71. The zero-order valence-electron chi connectivity index (χ0n) is 13.8. The second-order valence-corrected chi connectivity index (χ2v) is 6.60. The van der Waals surface area contributed by atoms with Gasteiger partial charge in [-0.05, 0) is 35.4 Å². The minimum atomic E-state index is -0.105. The molecule has 3 nitrogen and oxygen atoms in total. The van der Waals surface area contributed by atoms with E-state index < -0.39 is 0 Å². The van der Waals surface area contributed by atoms with E-state index in [1.165, 1.54) is 11.1 Å². The van der Waals surface area contributed by atoms with Gasteiger partial charge < -0.3 is 14.2 Å². The third kappa shape index (κ3) is 4.72. The smallest absolute Gasteiger partial charge is 0.160 e. The van der Waals surface area contributed by atoms with Crippen LogP contribution < -0.4 is 4.74 Å². The molecule has 0 aromatic heterocycles. The summed E-state index contributed by atoms with van der Waals surface area (Å²) < 4.78 is 17.1. The van der Waals surface area contributed by atoms with E-state index >= 15 is 0 Å². The van der Waals surface area contributed by atoms with Crippen molar-refractivity contribution >= 4 is 0 Å². The van der Waals surface area contributed by atoms with Gasteiger partial charge in [0.15, 0.2) is 6.29 Å². The highest BCUT2D eigenvalue weighted by molar-refractivity contribution is 5.41. The van der Waals surface area contributed by atoms with Gasteiger partial charge in [0.1, 0.15) is 5.75 Å². The molecule has 1 aromatic carbocycles. The number of benzene rings is 1. The monoisotopic (exact) mass is 292 g/mol. The van der Waals surface area contributed by atoms with Gasteiger partial charge >= 0.3 is 0 Å². The molecule has 0 atom stereocenters. The summed E-state index contributed by atoms with van der Waals surface area (Å²) in [6.45, 7) is 11.1. The average Bonchev–Trinajstić information content (AvgIpc) is 2.47. The lowest BCUT2D eigenvalue weighted by Crippen LogP contribution is -2.26. The Morgan fingerprint density at radius 1 is 1.19 bits per heavy atom. The molecule has 21 heavy (non-hydrogen) atoms. The summed E-state index contributed by atoms with van der Waals surface area (Å²) in [7, 11) is 0. The highest BCUT2D eigenvalue weighted by Crippen LogP contribution is 2.32. The maximum Gasteiger partial charge on any atom is 0.160 e. The maximum absolute atomic E-state index is 6.01. The number of ether oxygens (including phenoxy) is 3. The highest BCUT2D eigenvalue weighted by Gasteiger charge is 2.20. The van der Waals surface area contributed by atoms with Crippen molar-refractivity contribution in [2.75, 3.05) is 19.8 Å². The van der Waals surface area contributed by atoms with Crippen LogP contribution >= 0.6 is 0 Å². The van der Waals surface area contributed by atoms with Crippen LogP contribution in [0.2, 0.25) is 0 Å². The first kappa shape index (κ1) is 16.3. The quantitative estimate of drug-likeness (QED) is 0.818. The Balaban J connectivity index is 1.98. The predicted octanol–water partition coefficient (Wildman–Crippen LogP) is 4.08. The first-order valence-electron chi connectivity index (χ1n) is 8.00. The molecular formula is C18H28O3. The van der Waals surface area contributed by atoms with Crippen LogP contribution in [0.5, 0.6) is 5.75 Å². The fourth-order valence-corrected chi connectivity index (χ4v) is 2.48. The summed E-state index contributed by atoms with van der Waals surface area (Å²) in [5, 5.41) is 0. The van der Waals surface area contributed by atoms with Crippen LogP contribution in [0.1, 0.15) is 51.7 Å². The topological polar surface area (TPSA) is 27.7 Å². The van der Waals surface area contributed by atoms with Crippen LogP contribution in [0.15, 0.2) is 18.2 Å². The molecule has 2 rings (SSSR count). The molecule has 0 aliphatic carbocycles. The molecule has 0 radical (unpaired) electrons. The van der Waals surface area contributed by atoms with Gasteiger partial charge in [-0.25, -0.2) is 0 Å². The Kier molecular flexibility index (Phi) is 5.65. The fourth-order valence-electron chi connectivity index (χ4n) is 2.48. The first-order chi connectivity index (χ1) is 10.0. The van der Waals surface area contributed by atoms with Crippen molar-refractivity contribution in [3.05, 3.63) is 29.3 Å². The molecule has 0 unspecified atom stereocenters. The largest absolute Gasteiger partial charge is 0.493 e. The van der Waals surface area contributed by atoms with Crippen molar-refractivity contribution in [1.82, 2.24) is 0 Å². The van der Waals surface area contributed by atoms with Crippen LogP contribution in [-0.2, 0) is 21.3 Å². The van der Waals surface area contributed by atoms with Gasteiger partial charge in [0.25, 0.3) is 0 Å². The molecule has 3 heteroatoms. The van der Waals surface area contributed by atoms with Gasteiger partial charge in [-0.15, -0.1) is 0 Å². The molecular weight excluding hydrogens is 264 g/mol. The Morgan fingerprint density at radius 2 is 1.90 bits per heavy atom. The van der Waals surface area contributed by atoms with Crippen LogP contribution in [0.25, 0.3) is 0 Å². The zero-order chi connectivity index (χ0) is 15.3. The van der Waals surface area contributed by atoms with E-state index in [0.29, 0.717) is 6.61 Å². The number of aryl methyl sites for hydroxylation is 1. The Labute approximate surface area is 128 Å². The van der Waals surface area contributed by atoms with E-state index in [1.807, 2.05) is 0 Å². The molecule has 0 amide bonds. The molecule has 0 bridgehead atoms. The summed E-state index contributed by atoms with van der Waals surface area (Å²) in [6.07, 6.45) is 2.71. The van der Waals surface area contributed by atoms with Gasteiger partial charge in [-0.1, -0.05) is 39.8 Å². The van der Waals surface area contributed by atoms with Crippen molar-refractivity contribution in [2.24, 2.45) is 0 Å². The van der Waals surface area contributed by atoms with Crippen molar-refractivity contribution in [3.8, 4) is 5.75 Å². The number of hydrogen-bond donors (Lipinski definition) is 0. The third-order valence-corrected chi connectivity index (χ3v) is 3.77. The van der Waals surface area contributed by atoms with Crippen LogP contribution in [0.3, 0.4) is 0 Å². The van der Waals surface area contributed by atoms with Crippen molar-refractivity contribution in [3.63, 3.8) is 0 Å². The molecule has 1 heterocycles. The molecule has 118 valence electrons. The predicted molar refractivity (Wildman–Crippen MR) is 84.9 cm³/mol. The minimum Gasteiger partial charge on any atom is -0.493 e. The molecule has 1 fully saturated rings. The van der Waals surface area contributed by atoms with Gasteiger partial charge in [-0.3, -0.25) is 0 Å². The number of rotatable bonds is 5. The standard InChI is InChI=1S/C18H28O3/c1-5-14-7-8-16(15(13-14)18(2,3)4)19-12-9-17-20-10-6-11-21-17/h7-8,13,17H,5-6,9-12H2,1-4H3. The average molecular weight is 292 g/mol. The molecule has 1 aromatic rings. The van der Waals surface area contributed by atoms with Crippen molar-refractivity contribution in [2.45, 2.75) is 58.7 Å². The highest BCUT2D eigenvalue weighted by atomic mass is 16.7. The number of hydrogen-bond acceptors (Lipinski definition) is 3. The first-order valence-corrected chi connectivity index (χ1v) is 8.00. The van der Waals surface area contributed by atoms with E-state index in [1.54, 1.807) is 0 Å². The van der Waals surface area contributed by atoms with E-state index in [4.69, 9.17) is 14.2 Å².